The van der Waals surface area contributed by atoms with Gasteiger partial charge in [-0.15, -0.1) is 12.4 Å². The number of carbonyl (C=O) groups is 1. The highest BCUT2D eigenvalue weighted by Gasteiger charge is 2.52. The third-order valence-electron chi connectivity index (χ3n) is 7.02. The van der Waals surface area contributed by atoms with Crippen LogP contribution in [0.3, 0.4) is 0 Å². The van der Waals surface area contributed by atoms with Gasteiger partial charge in [-0.05, 0) is 62.0 Å². The number of hydrogen-bond donors (Lipinski definition) is 2. The minimum absolute atomic E-state index is 0. The monoisotopic (exact) mass is 448 g/mol. The van der Waals surface area contributed by atoms with Crippen LogP contribution in [-0.2, 0) is 22.4 Å². The second kappa shape index (κ2) is 13.2. The fraction of sp³-hybridized carbons (Fsp3) is 0.692. The summed E-state index contributed by atoms with van der Waals surface area (Å²) in [4.78, 5) is 12.4. The number of amidine groups is 1. The topological polar surface area (TPSA) is 76.2 Å². The average molecular weight is 449 g/mol. The van der Waals surface area contributed by atoms with Gasteiger partial charge in [0.05, 0.1) is 5.41 Å². The molecule has 0 saturated heterocycles. The number of carbonyl (C=O) groups excluding carboxylic acids is 1. The molecule has 0 aromatic heterocycles. The van der Waals surface area contributed by atoms with Gasteiger partial charge in [-0.1, -0.05) is 62.8 Å². The summed E-state index contributed by atoms with van der Waals surface area (Å²) in [5.74, 6) is 0.970. The summed E-state index contributed by atoms with van der Waals surface area (Å²) in [6.45, 7) is 1.92. The van der Waals surface area contributed by atoms with Crippen LogP contribution in [0.4, 0.5) is 0 Å². The van der Waals surface area contributed by atoms with Crippen LogP contribution in [0.5, 0.6) is 0 Å². The molecule has 2 fully saturated rings. The third kappa shape index (κ3) is 8.23. The Morgan fingerprint density at radius 3 is 2.23 bits per heavy atom. The molecule has 2 aliphatic rings. The van der Waals surface area contributed by atoms with Crippen LogP contribution in [0.2, 0.25) is 0 Å². The molecule has 3 rings (SSSR count). The number of ether oxygens (including phenoxy) is 1. The van der Waals surface area contributed by atoms with E-state index in [2.05, 4.69) is 24.3 Å². The third-order valence-corrected chi connectivity index (χ3v) is 7.02. The van der Waals surface area contributed by atoms with Crippen molar-refractivity contribution in [3.63, 3.8) is 0 Å². The van der Waals surface area contributed by atoms with Gasteiger partial charge in [0.15, 0.2) is 5.78 Å². The Morgan fingerprint density at radius 1 is 0.968 bits per heavy atom. The van der Waals surface area contributed by atoms with Crippen LogP contribution in [0.25, 0.3) is 0 Å². The first-order valence-electron chi connectivity index (χ1n) is 12.1. The summed E-state index contributed by atoms with van der Waals surface area (Å²) in [6, 6.07) is 8.42. The Hall–Kier alpha value is -1.39. The summed E-state index contributed by atoms with van der Waals surface area (Å²) < 4.78 is 5.88. The van der Waals surface area contributed by atoms with Crippen LogP contribution in [0.1, 0.15) is 88.2 Å². The van der Waals surface area contributed by atoms with E-state index in [0.717, 1.165) is 44.0 Å². The minimum atomic E-state index is -0.639. The molecular formula is C26H41ClN2O2. The smallest absolute Gasteiger partial charge is 0.150 e. The highest BCUT2D eigenvalue weighted by Crippen LogP contribution is 2.47. The molecule has 174 valence electrons. The Balaban J connectivity index is 0.00000341. The van der Waals surface area contributed by atoms with Crippen molar-refractivity contribution in [2.45, 2.75) is 89.9 Å². The van der Waals surface area contributed by atoms with Gasteiger partial charge in [0.2, 0.25) is 0 Å². The van der Waals surface area contributed by atoms with Gasteiger partial charge < -0.3 is 10.5 Å². The molecule has 0 aliphatic heterocycles. The van der Waals surface area contributed by atoms with Crippen LogP contribution < -0.4 is 5.73 Å². The maximum Gasteiger partial charge on any atom is 0.150 e. The molecule has 0 spiro atoms. The molecule has 0 radical (unpaired) electrons. The molecule has 4 nitrogen and oxygen atoms in total. The number of aryl methyl sites for hydroxylation is 1. The van der Waals surface area contributed by atoms with E-state index in [1.807, 2.05) is 0 Å². The molecular weight excluding hydrogens is 408 g/mol. The summed E-state index contributed by atoms with van der Waals surface area (Å²) in [6.07, 6.45) is 16.2. The molecule has 3 N–H and O–H groups in total. The lowest BCUT2D eigenvalue weighted by Gasteiger charge is -2.21. The van der Waals surface area contributed by atoms with Crippen molar-refractivity contribution in [1.29, 1.82) is 5.41 Å². The Labute approximate surface area is 194 Å². The van der Waals surface area contributed by atoms with Gasteiger partial charge >= 0.3 is 0 Å². The molecule has 1 aromatic carbocycles. The molecule has 0 heterocycles. The van der Waals surface area contributed by atoms with Crippen LogP contribution in [0.15, 0.2) is 24.3 Å². The lowest BCUT2D eigenvalue weighted by molar-refractivity contribution is -0.121. The molecule has 2 saturated carbocycles. The fourth-order valence-electron chi connectivity index (χ4n) is 4.67. The maximum absolute atomic E-state index is 12.4. The predicted octanol–water partition coefficient (Wildman–Crippen LogP) is 6.03. The van der Waals surface area contributed by atoms with Gasteiger partial charge in [0.25, 0.3) is 0 Å². The lowest BCUT2D eigenvalue weighted by atomic mass is 9.90. The van der Waals surface area contributed by atoms with E-state index in [9.17, 15) is 4.79 Å². The van der Waals surface area contributed by atoms with Crippen LogP contribution in [0, 0.1) is 16.7 Å². The molecule has 0 unspecified atom stereocenters. The Bertz CT molecular complexity index is 679. The van der Waals surface area contributed by atoms with Crippen LogP contribution >= 0.6 is 12.4 Å². The first-order valence-corrected chi connectivity index (χ1v) is 12.1. The maximum atomic E-state index is 12.4. The molecule has 0 bridgehead atoms. The average Bonchev–Trinajstić information content (AvgIpc) is 3.57. The van der Waals surface area contributed by atoms with E-state index in [0.29, 0.717) is 6.42 Å². The number of unbranched alkanes of at least 4 members (excludes halogenated alkanes) is 4. The number of halogens is 1. The van der Waals surface area contributed by atoms with Gasteiger partial charge in [0, 0.05) is 19.6 Å². The second-order valence-electron chi connectivity index (χ2n) is 9.51. The van der Waals surface area contributed by atoms with Crippen molar-refractivity contribution < 1.29 is 9.53 Å². The first kappa shape index (κ1) is 25.9. The largest absolute Gasteiger partial charge is 0.387 e. The van der Waals surface area contributed by atoms with Gasteiger partial charge in [0.1, 0.15) is 5.84 Å². The standard InChI is InChI=1S/C26H40N2O2.ClH/c27-25(28)26(16-17-26)24(29)19-22-14-12-21(13-15-22)9-5-2-1-3-8-18-30-20-23-10-6-4-7-11-23;/h12-15,23H,1-11,16-20H2,(H3,27,28);1H. The van der Waals surface area contributed by atoms with E-state index in [4.69, 9.17) is 15.9 Å². The van der Waals surface area contributed by atoms with E-state index in [1.54, 1.807) is 0 Å². The van der Waals surface area contributed by atoms with Crippen molar-refractivity contribution in [3.8, 4) is 0 Å². The van der Waals surface area contributed by atoms with Crippen molar-refractivity contribution in [1.82, 2.24) is 0 Å². The van der Waals surface area contributed by atoms with Gasteiger partial charge in [-0.2, -0.15) is 0 Å². The van der Waals surface area contributed by atoms with Crippen LogP contribution in [-0.4, -0.2) is 24.8 Å². The Morgan fingerprint density at radius 2 is 1.58 bits per heavy atom. The van der Waals surface area contributed by atoms with Gasteiger partial charge in [-0.3, -0.25) is 10.2 Å². The predicted molar refractivity (Wildman–Crippen MR) is 130 cm³/mol. The summed E-state index contributed by atoms with van der Waals surface area (Å²) >= 11 is 0. The zero-order valence-electron chi connectivity index (χ0n) is 19.0. The highest BCUT2D eigenvalue weighted by molar-refractivity contribution is 6.09. The van der Waals surface area contributed by atoms with E-state index < -0.39 is 5.41 Å². The van der Waals surface area contributed by atoms with Gasteiger partial charge in [-0.25, -0.2) is 0 Å². The molecule has 1 aromatic rings. The lowest BCUT2D eigenvalue weighted by Crippen LogP contribution is -2.32. The van der Waals surface area contributed by atoms with Crippen molar-refractivity contribution in [3.05, 3.63) is 35.4 Å². The summed E-state index contributed by atoms with van der Waals surface area (Å²) in [7, 11) is 0. The number of benzene rings is 1. The van der Waals surface area contributed by atoms with E-state index in [-0.39, 0.29) is 24.0 Å². The summed E-state index contributed by atoms with van der Waals surface area (Å²) in [5, 5.41) is 7.64. The SMILES string of the molecule is Cl.N=C(N)C1(C(=O)Cc2ccc(CCCCCCCOCC3CCCCC3)cc2)CC1. The molecule has 0 atom stereocenters. The number of Topliss-reactive ketones (excluding diaryl/α,β-unsaturated/α-hetero) is 1. The number of nitrogens with one attached hydrogen (secondary N) is 1. The highest BCUT2D eigenvalue weighted by atomic mass is 35.5. The molecule has 31 heavy (non-hydrogen) atoms. The van der Waals surface area contributed by atoms with Crippen molar-refractivity contribution >= 4 is 24.0 Å². The van der Waals surface area contributed by atoms with E-state index in [1.165, 1.54) is 69.8 Å². The zero-order valence-corrected chi connectivity index (χ0v) is 19.8. The second-order valence-corrected chi connectivity index (χ2v) is 9.51. The Kier molecular flexibility index (Phi) is 11.0. The quantitative estimate of drug-likeness (QED) is 0.207. The number of nitrogens with two attached hydrogens (primary N) is 1. The first-order chi connectivity index (χ1) is 14.6. The number of ketones is 1. The molecule has 2 aliphatic carbocycles. The molecule has 5 heteroatoms. The van der Waals surface area contributed by atoms with Crippen molar-refractivity contribution in [2.75, 3.05) is 13.2 Å². The zero-order chi connectivity index (χ0) is 21.2. The molecule has 0 amide bonds. The minimum Gasteiger partial charge on any atom is -0.387 e. The number of hydrogen-bond acceptors (Lipinski definition) is 3. The normalized spacial score (nSPS) is 17.7. The summed E-state index contributed by atoms with van der Waals surface area (Å²) in [5.41, 5.74) is 7.35. The van der Waals surface area contributed by atoms with E-state index >= 15 is 0 Å². The van der Waals surface area contributed by atoms with Crippen molar-refractivity contribution in [2.24, 2.45) is 17.1 Å². The number of rotatable bonds is 14. The fourth-order valence-corrected chi connectivity index (χ4v) is 4.67.